The molecule has 0 saturated heterocycles. The van der Waals surface area contributed by atoms with Crippen molar-refractivity contribution in [1.82, 2.24) is 9.38 Å². The van der Waals surface area contributed by atoms with Gasteiger partial charge >= 0.3 is 5.97 Å². The summed E-state index contributed by atoms with van der Waals surface area (Å²) in [6, 6.07) is 5.42. The molecule has 102 valence electrons. The lowest BCUT2D eigenvalue weighted by Crippen LogP contribution is -2.28. The number of nitrogens with zero attached hydrogens (tertiary/aromatic N) is 3. The van der Waals surface area contributed by atoms with Crippen LogP contribution in [0.1, 0.15) is 17.4 Å². The molecule has 0 spiro atoms. The molecule has 2 aromatic heterocycles. The summed E-state index contributed by atoms with van der Waals surface area (Å²) in [6.45, 7) is 3.77. The summed E-state index contributed by atoms with van der Waals surface area (Å²) in [6.07, 6.45) is 1.71. The number of ether oxygens (including phenoxy) is 1. The van der Waals surface area contributed by atoms with Gasteiger partial charge in [0.1, 0.15) is 5.65 Å². The van der Waals surface area contributed by atoms with Crippen LogP contribution in [0.2, 0.25) is 0 Å². The molecule has 0 aliphatic heterocycles. The highest BCUT2D eigenvalue weighted by Crippen LogP contribution is 2.21. The zero-order valence-electron chi connectivity index (χ0n) is 11.0. The Kier molecular flexibility index (Phi) is 4.01. The maximum absolute atomic E-state index is 11.5. The van der Waals surface area contributed by atoms with Gasteiger partial charge in [-0.3, -0.25) is 4.40 Å². The topological polar surface area (TPSA) is 67.1 Å². The van der Waals surface area contributed by atoms with Crippen LogP contribution < -0.4 is 4.90 Å². The van der Waals surface area contributed by atoms with Gasteiger partial charge in [0.05, 0.1) is 6.61 Å². The van der Waals surface area contributed by atoms with Crippen LogP contribution in [0.4, 0.5) is 5.82 Å². The highest BCUT2D eigenvalue weighted by Gasteiger charge is 2.22. The fraction of sp³-hybridized carbons (Fsp3) is 0.385. The predicted octanol–water partition coefficient (Wildman–Crippen LogP) is 1.51. The summed E-state index contributed by atoms with van der Waals surface area (Å²) >= 11 is 0. The molecule has 0 fully saturated rings. The first-order valence-electron chi connectivity index (χ1n) is 6.13. The third kappa shape index (κ3) is 2.53. The quantitative estimate of drug-likeness (QED) is 0.855. The van der Waals surface area contributed by atoms with Crippen LogP contribution in [-0.4, -0.2) is 47.3 Å². The van der Waals surface area contributed by atoms with E-state index in [1.807, 2.05) is 17.9 Å². The van der Waals surface area contributed by atoms with Crippen molar-refractivity contribution in [3.05, 3.63) is 30.1 Å². The van der Waals surface area contributed by atoms with E-state index < -0.39 is 5.97 Å². The monoisotopic (exact) mass is 263 g/mol. The van der Waals surface area contributed by atoms with Crippen molar-refractivity contribution in [1.29, 1.82) is 0 Å². The van der Waals surface area contributed by atoms with Crippen molar-refractivity contribution in [2.45, 2.75) is 6.92 Å². The number of methoxy groups -OCH3 is 1. The van der Waals surface area contributed by atoms with Gasteiger partial charge in [0.2, 0.25) is 0 Å². The van der Waals surface area contributed by atoms with Gasteiger partial charge in [-0.2, -0.15) is 0 Å². The number of carbonyl (C=O) groups is 1. The van der Waals surface area contributed by atoms with Crippen LogP contribution in [0.15, 0.2) is 24.4 Å². The molecule has 0 aliphatic rings. The predicted molar refractivity (Wildman–Crippen MR) is 71.9 cm³/mol. The third-order valence-corrected chi connectivity index (χ3v) is 2.96. The van der Waals surface area contributed by atoms with Gasteiger partial charge in [-0.15, -0.1) is 0 Å². The van der Waals surface area contributed by atoms with Crippen molar-refractivity contribution in [2.75, 3.05) is 31.7 Å². The number of carboxylic acid groups (broad SMARTS) is 1. The number of hydrogen-bond donors (Lipinski definition) is 1. The van der Waals surface area contributed by atoms with Gasteiger partial charge in [0, 0.05) is 26.4 Å². The number of aromatic nitrogens is 2. The van der Waals surface area contributed by atoms with Crippen LogP contribution in [0.3, 0.4) is 0 Å². The molecule has 0 aromatic carbocycles. The number of likely N-dealkylation sites (N-methyl/N-ethyl adjacent to an activating group) is 1. The molecule has 0 radical (unpaired) electrons. The van der Waals surface area contributed by atoms with Gasteiger partial charge in [0.15, 0.2) is 11.5 Å². The Labute approximate surface area is 111 Å². The van der Waals surface area contributed by atoms with Crippen LogP contribution in [0.5, 0.6) is 0 Å². The fourth-order valence-corrected chi connectivity index (χ4v) is 2.02. The highest BCUT2D eigenvalue weighted by molar-refractivity contribution is 5.93. The average Bonchev–Trinajstić information content (AvgIpc) is 2.79. The van der Waals surface area contributed by atoms with Crippen LogP contribution in [0, 0.1) is 0 Å². The molecule has 19 heavy (non-hydrogen) atoms. The number of hydrogen-bond acceptors (Lipinski definition) is 4. The Bertz CT molecular complexity index is 580. The number of fused-ring (bicyclic) bond motifs is 1. The van der Waals surface area contributed by atoms with Gasteiger partial charge in [0.25, 0.3) is 0 Å². The second-order valence-corrected chi connectivity index (χ2v) is 4.09. The van der Waals surface area contributed by atoms with E-state index in [-0.39, 0.29) is 5.69 Å². The van der Waals surface area contributed by atoms with Crippen molar-refractivity contribution in [3.63, 3.8) is 0 Å². The minimum absolute atomic E-state index is 0.188. The van der Waals surface area contributed by atoms with E-state index in [4.69, 9.17) is 4.74 Å². The van der Waals surface area contributed by atoms with E-state index in [0.29, 0.717) is 31.2 Å². The summed E-state index contributed by atoms with van der Waals surface area (Å²) in [7, 11) is 1.62. The molecule has 0 unspecified atom stereocenters. The maximum Gasteiger partial charge on any atom is 0.356 e. The van der Waals surface area contributed by atoms with Crippen molar-refractivity contribution >= 4 is 17.4 Å². The molecule has 1 N–H and O–H groups in total. The Balaban J connectivity index is 2.51. The number of aromatic carboxylic acids is 1. The molecule has 0 amide bonds. The van der Waals surface area contributed by atoms with Crippen LogP contribution >= 0.6 is 0 Å². The second-order valence-electron chi connectivity index (χ2n) is 4.09. The average molecular weight is 263 g/mol. The Morgan fingerprint density at radius 1 is 1.53 bits per heavy atom. The minimum Gasteiger partial charge on any atom is -0.476 e. The van der Waals surface area contributed by atoms with Gasteiger partial charge < -0.3 is 14.7 Å². The lowest BCUT2D eigenvalue weighted by atomic mass is 10.3. The number of carboxylic acids is 1. The molecule has 6 heteroatoms. The molecular formula is C13H17N3O3. The number of rotatable bonds is 6. The number of anilines is 1. The lowest BCUT2D eigenvalue weighted by Gasteiger charge is -2.20. The Hall–Kier alpha value is -2.08. The van der Waals surface area contributed by atoms with E-state index >= 15 is 0 Å². The van der Waals surface area contributed by atoms with E-state index in [2.05, 4.69) is 4.98 Å². The maximum atomic E-state index is 11.5. The minimum atomic E-state index is -0.982. The zero-order chi connectivity index (χ0) is 13.8. The summed E-state index contributed by atoms with van der Waals surface area (Å²) in [4.78, 5) is 17.8. The molecule has 0 bridgehead atoms. The lowest BCUT2D eigenvalue weighted by molar-refractivity contribution is 0.0690. The molecule has 2 aromatic rings. The molecule has 0 atom stereocenters. The Morgan fingerprint density at radius 3 is 2.95 bits per heavy atom. The SMILES string of the molecule is CCN(CCOC)c1nc2ccccn2c1C(=O)O. The van der Waals surface area contributed by atoms with Crippen molar-refractivity contribution in [3.8, 4) is 0 Å². The standard InChI is InChI=1S/C13H17N3O3/c1-3-15(8-9-19-2)12-11(13(17)18)16-7-5-4-6-10(16)14-12/h4-7H,3,8-9H2,1-2H3,(H,17,18). The third-order valence-electron chi connectivity index (χ3n) is 2.96. The summed E-state index contributed by atoms with van der Waals surface area (Å²) in [5.74, 6) is -0.497. The summed E-state index contributed by atoms with van der Waals surface area (Å²) in [5, 5.41) is 9.40. The van der Waals surface area contributed by atoms with Crippen LogP contribution in [-0.2, 0) is 4.74 Å². The Morgan fingerprint density at radius 2 is 2.32 bits per heavy atom. The number of imidazole rings is 1. The molecule has 0 aliphatic carbocycles. The summed E-state index contributed by atoms with van der Waals surface area (Å²) in [5.41, 5.74) is 0.819. The summed E-state index contributed by atoms with van der Waals surface area (Å²) < 4.78 is 6.64. The second kappa shape index (κ2) is 5.71. The van der Waals surface area contributed by atoms with Crippen molar-refractivity contribution in [2.24, 2.45) is 0 Å². The van der Waals surface area contributed by atoms with E-state index in [1.54, 1.807) is 29.8 Å². The molecule has 2 rings (SSSR count). The highest BCUT2D eigenvalue weighted by atomic mass is 16.5. The van der Waals surface area contributed by atoms with E-state index in [1.165, 1.54) is 0 Å². The largest absolute Gasteiger partial charge is 0.476 e. The smallest absolute Gasteiger partial charge is 0.356 e. The first-order valence-corrected chi connectivity index (χ1v) is 6.13. The van der Waals surface area contributed by atoms with E-state index in [0.717, 1.165) is 0 Å². The molecule has 2 heterocycles. The van der Waals surface area contributed by atoms with Crippen LogP contribution in [0.25, 0.3) is 5.65 Å². The fourth-order valence-electron chi connectivity index (χ4n) is 2.02. The first-order chi connectivity index (χ1) is 9.19. The van der Waals surface area contributed by atoms with Gasteiger partial charge in [-0.05, 0) is 19.1 Å². The molecular weight excluding hydrogens is 246 g/mol. The first kappa shape index (κ1) is 13.4. The normalized spacial score (nSPS) is 10.8. The molecule has 6 nitrogen and oxygen atoms in total. The number of pyridine rings is 1. The zero-order valence-corrected chi connectivity index (χ0v) is 11.0. The molecule has 0 saturated carbocycles. The van der Waals surface area contributed by atoms with Gasteiger partial charge in [-0.1, -0.05) is 6.07 Å². The van der Waals surface area contributed by atoms with Crippen molar-refractivity contribution < 1.29 is 14.6 Å². The van der Waals surface area contributed by atoms with Gasteiger partial charge in [-0.25, -0.2) is 9.78 Å². The van der Waals surface area contributed by atoms with E-state index in [9.17, 15) is 9.90 Å².